The molecule has 8 heteroatoms. The van der Waals surface area contributed by atoms with Crippen LogP contribution < -0.4 is 16.0 Å². The zero-order valence-electron chi connectivity index (χ0n) is 13.8. The Kier molecular flexibility index (Phi) is 6.97. The summed E-state index contributed by atoms with van der Waals surface area (Å²) in [7, 11) is 0. The second-order valence-corrected chi connectivity index (χ2v) is 5.79. The molecule has 134 valence electrons. The summed E-state index contributed by atoms with van der Waals surface area (Å²) in [6.07, 6.45) is 5.20. The van der Waals surface area contributed by atoms with E-state index in [1.54, 1.807) is 10.9 Å². The molecular weight excluding hydrogens is 342 g/mol. The first-order valence-electron chi connectivity index (χ1n) is 8.11. The van der Waals surface area contributed by atoms with Crippen LogP contribution in [0.5, 0.6) is 0 Å². The van der Waals surface area contributed by atoms with Crippen molar-refractivity contribution in [3.05, 3.63) is 42.7 Å². The molecule has 0 spiro atoms. The number of nitrogens with one attached hydrogen (secondary N) is 3. The molecule has 3 N–H and O–H groups in total. The van der Waals surface area contributed by atoms with E-state index in [1.807, 2.05) is 36.5 Å². The van der Waals surface area contributed by atoms with Gasteiger partial charge in [0.2, 0.25) is 11.8 Å². The minimum absolute atomic E-state index is 0. The summed E-state index contributed by atoms with van der Waals surface area (Å²) in [6.45, 7) is 1.70. The first kappa shape index (κ1) is 19.0. The highest BCUT2D eigenvalue weighted by atomic mass is 35.5. The van der Waals surface area contributed by atoms with Gasteiger partial charge in [-0.15, -0.1) is 12.4 Å². The third-order valence-corrected chi connectivity index (χ3v) is 4.05. The van der Waals surface area contributed by atoms with Gasteiger partial charge in [-0.3, -0.25) is 9.59 Å². The van der Waals surface area contributed by atoms with Gasteiger partial charge in [-0.25, -0.2) is 4.68 Å². The number of rotatable bonds is 5. The average molecular weight is 364 g/mol. The monoisotopic (exact) mass is 363 g/mol. The van der Waals surface area contributed by atoms with E-state index in [2.05, 4.69) is 21.0 Å². The molecule has 2 amide bonds. The Bertz CT molecular complexity index is 682. The number of carbonyl (C=O) groups is 2. The number of halogens is 1. The van der Waals surface area contributed by atoms with Gasteiger partial charge in [0.25, 0.3) is 0 Å². The lowest BCUT2D eigenvalue weighted by molar-refractivity contribution is -0.127. The molecule has 1 saturated heterocycles. The van der Waals surface area contributed by atoms with Crippen molar-refractivity contribution in [1.82, 2.24) is 20.4 Å². The van der Waals surface area contributed by atoms with Gasteiger partial charge in [-0.05, 0) is 56.3 Å². The molecule has 25 heavy (non-hydrogen) atoms. The zero-order chi connectivity index (χ0) is 16.8. The Hall–Kier alpha value is -2.38. The van der Waals surface area contributed by atoms with E-state index in [4.69, 9.17) is 0 Å². The number of hydrogen-bond acceptors (Lipinski definition) is 4. The molecule has 1 aliphatic heterocycles. The highest BCUT2D eigenvalue weighted by molar-refractivity contribution is 5.94. The van der Waals surface area contributed by atoms with E-state index >= 15 is 0 Å². The molecule has 1 aliphatic rings. The number of benzene rings is 1. The van der Waals surface area contributed by atoms with Gasteiger partial charge >= 0.3 is 0 Å². The second-order valence-electron chi connectivity index (χ2n) is 5.79. The van der Waals surface area contributed by atoms with E-state index in [0.29, 0.717) is 5.69 Å². The quantitative estimate of drug-likeness (QED) is 0.748. The minimum atomic E-state index is -0.232. The van der Waals surface area contributed by atoms with E-state index in [1.165, 1.54) is 0 Å². The molecular formula is C17H22ClN5O2. The lowest BCUT2D eigenvalue weighted by Crippen LogP contribution is -2.41. The number of amides is 2. The van der Waals surface area contributed by atoms with Crippen LogP contribution in [-0.2, 0) is 9.59 Å². The van der Waals surface area contributed by atoms with Gasteiger partial charge in [0.1, 0.15) is 0 Å². The van der Waals surface area contributed by atoms with Gasteiger partial charge in [-0.1, -0.05) is 0 Å². The van der Waals surface area contributed by atoms with Crippen molar-refractivity contribution in [1.29, 1.82) is 0 Å². The van der Waals surface area contributed by atoms with Crippen LogP contribution in [0, 0.1) is 5.92 Å². The van der Waals surface area contributed by atoms with Crippen LogP contribution in [0.1, 0.15) is 12.8 Å². The van der Waals surface area contributed by atoms with Gasteiger partial charge in [0.05, 0.1) is 12.2 Å². The first-order chi connectivity index (χ1) is 11.7. The van der Waals surface area contributed by atoms with Crippen molar-refractivity contribution >= 4 is 29.9 Å². The average Bonchev–Trinajstić information content (AvgIpc) is 3.16. The van der Waals surface area contributed by atoms with Crippen LogP contribution in [0.15, 0.2) is 42.7 Å². The normalized spacial score (nSPS) is 14.4. The molecule has 3 rings (SSSR count). The first-order valence-corrected chi connectivity index (χ1v) is 8.11. The summed E-state index contributed by atoms with van der Waals surface area (Å²) in [5, 5.41) is 12.9. The standard InChI is InChI=1S/C17H21N5O2.ClH/c23-16(12-19-17(24)13-6-9-18-10-7-13)21-14-2-4-15(5-3-14)22-11-1-8-20-22;/h1-5,8,11,13,18H,6-7,9-10,12H2,(H,19,24)(H,21,23);1H. The fourth-order valence-corrected chi connectivity index (χ4v) is 2.72. The summed E-state index contributed by atoms with van der Waals surface area (Å²) in [4.78, 5) is 24.0. The maximum atomic E-state index is 12.0. The second kappa shape index (κ2) is 9.19. The number of aromatic nitrogens is 2. The van der Waals surface area contributed by atoms with Crippen LogP contribution in [-0.4, -0.2) is 41.2 Å². The van der Waals surface area contributed by atoms with Crippen LogP contribution >= 0.6 is 12.4 Å². The van der Waals surface area contributed by atoms with Crippen LogP contribution in [0.2, 0.25) is 0 Å². The fraction of sp³-hybridized carbons (Fsp3) is 0.353. The van der Waals surface area contributed by atoms with Gasteiger partial charge in [0, 0.05) is 24.0 Å². The van der Waals surface area contributed by atoms with Crippen molar-refractivity contribution in [3.63, 3.8) is 0 Å². The Morgan fingerprint density at radius 2 is 1.92 bits per heavy atom. The summed E-state index contributed by atoms with van der Waals surface area (Å²) in [5.74, 6) is -0.266. The van der Waals surface area contributed by atoms with E-state index in [0.717, 1.165) is 31.6 Å². The predicted octanol–water partition coefficient (Wildman–Crippen LogP) is 1.35. The molecule has 0 atom stereocenters. The molecule has 2 heterocycles. The van der Waals surface area contributed by atoms with Crippen molar-refractivity contribution in [2.45, 2.75) is 12.8 Å². The third kappa shape index (κ3) is 5.30. The topological polar surface area (TPSA) is 88.0 Å². The van der Waals surface area contributed by atoms with Crippen molar-refractivity contribution in [2.24, 2.45) is 5.92 Å². The highest BCUT2D eigenvalue weighted by Gasteiger charge is 2.20. The lowest BCUT2D eigenvalue weighted by atomic mass is 9.97. The number of carbonyl (C=O) groups excluding carboxylic acids is 2. The molecule has 0 bridgehead atoms. The fourth-order valence-electron chi connectivity index (χ4n) is 2.72. The smallest absolute Gasteiger partial charge is 0.243 e. The highest BCUT2D eigenvalue weighted by Crippen LogP contribution is 2.13. The minimum Gasteiger partial charge on any atom is -0.347 e. The van der Waals surface area contributed by atoms with Crippen LogP contribution in [0.25, 0.3) is 5.69 Å². The molecule has 1 fully saturated rings. The summed E-state index contributed by atoms with van der Waals surface area (Å²) >= 11 is 0. The van der Waals surface area contributed by atoms with Crippen LogP contribution in [0.3, 0.4) is 0 Å². The molecule has 0 radical (unpaired) electrons. The zero-order valence-corrected chi connectivity index (χ0v) is 14.6. The molecule has 0 saturated carbocycles. The number of nitrogens with zero attached hydrogens (tertiary/aromatic N) is 2. The molecule has 0 aliphatic carbocycles. The molecule has 1 aromatic carbocycles. The van der Waals surface area contributed by atoms with Crippen molar-refractivity contribution in [2.75, 3.05) is 25.0 Å². The van der Waals surface area contributed by atoms with Crippen molar-refractivity contribution in [3.8, 4) is 5.69 Å². The summed E-state index contributed by atoms with van der Waals surface area (Å²) in [6, 6.07) is 9.21. The van der Waals surface area contributed by atoms with E-state index in [9.17, 15) is 9.59 Å². The number of hydrogen-bond donors (Lipinski definition) is 3. The lowest BCUT2D eigenvalue weighted by Gasteiger charge is -2.21. The maximum absolute atomic E-state index is 12.0. The largest absolute Gasteiger partial charge is 0.347 e. The van der Waals surface area contributed by atoms with Gasteiger partial charge in [-0.2, -0.15) is 5.10 Å². The third-order valence-electron chi connectivity index (χ3n) is 4.05. The van der Waals surface area contributed by atoms with Crippen molar-refractivity contribution < 1.29 is 9.59 Å². The van der Waals surface area contributed by atoms with E-state index in [-0.39, 0.29) is 36.7 Å². The Labute approximate surface area is 152 Å². The molecule has 1 aromatic heterocycles. The predicted molar refractivity (Wildman–Crippen MR) is 98.0 cm³/mol. The molecule has 2 aromatic rings. The molecule has 0 unspecified atom stereocenters. The van der Waals surface area contributed by atoms with Gasteiger partial charge in [0.15, 0.2) is 0 Å². The Morgan fingerprint density at radius 1 is 1.20 bits per heavy atom. The SMILES string of the molecule is Cl.O=C(CNC(=O)C1CCNCC1)Nc1ccc(-n2cccn2)cc1. The Morgan fingerprint density at radius 3 is 2.56 bits per heavy atom. The number of piperidine rings is 1. The maximum Gasteiger partial charge on any atom is 0.243 e. The Balaban J connectivity index is 0.00000225. The van der Waals surface area contributed by atoms with E-state index < -0.39 is 0 Å². The number of anilines is 1. The summed E-state index contributed by atoms with van der Waals surface area (Å²) < 4.78 is 1.74. The summed E-state index contributed by atoms with van der Waals surface area (Å²) in [5.41, 5.74) is 1.60. The van der Waals surface area contributed by atoms with Gasteiger partial charge < -0.3 is 16.0 Å². The molecule has 7 nitrogen and oxygen atoms in total. The van der Waals surface area contributed by atoms with Crippen LogP contribution in [0.4, 0.5) is 5.69 Å².